The van der Waals surface area contributed by atoms with E-state index in [4.69, 9.17) is 10.8 Å². The van der Waals surface area contributed by atoms with Crippen LogP contribution < -0.4 is 5.73 Å². The fourth-order valence-electron chi connectivity index (χ4n) is 1.32. The number of halogens is 1. The van der Waals surface area contributed by atoms with E-state index in [0.717, 1.165) is 11.8 Å². The average Bonchev–Trinajstić information content (AvgIpc) is 2.23. The Morgan fingerprint density at radius 1 is 1.20 bits per heavy atom. The molecule has 0 fully saturated rings. The van der Waals surface area contributed by atoms with E-state index >= 15 is 0 Å². The first-order valence-corrected chi connectivity index (χ1v) is 4.37. The molecule has 0 unspecified atom stereocenters. The molecule has 0 spiro atoms. The SMILES string of the molecule is Nc1ncc(F)cc1-c1ccc(O)cc1. The third-order valence-corrected chi connectivity index (χ3v) is 2.06. The van der Waals surface area contributed by atoms with Crippen molar-refractivity contribution in [2.24, 2.45) is 0 Å². The van der Waals surface area contributed by atoms with Gasteiger partial charge in [0.25, 0.3) is 0 Å². The van der Waals surface area contributed by atoms with Gasteiger partial charge in [0.1, 0.15) is 17.4 Å². The van der Waals surface area contributed by atoms with E-state index in [1.54, 1.807) is 12.1 Å². The van der Waals surface area contributed by atoms with Crippen molar-refractivity contribution in [2.75, 3.05) is 5.73 Å². The lowest BCUT2D eigenvalue weighted by Crippen LogP contribution is -1.94. The molecule has 0 aliphatic carbocycles. The van der Waals surface area contributed by atoms with E-state index in [9.17, 15) is 4.39 Å². The minimum atomic E-state index is -0.438. The number of rotatable bonds is 1. The summed E-state index contributed by atoms with van der Waals surface area (Å²) in [6.07, 6.45) is 1.07. The van der Waals surface area contributed by atoms with Crippen LogP contribution in [0.4, 0.5) is 10.2 Å². The molecule has 0 bridgehead atoms. The summed E-state index contributed by atoms with van der Waals surface area (Å²) in [5, 5.41) is 9.11. The van der Waals surface area contributed by atoms with E-state index in [0.29, 0.717) is 5.56 Å². The molecule has 0 aliphatic rings. The van der Waals surface area contributed by atoms with E-state index in [1.165, 1.54) is 18.2 Å². The van der Waals surface area contributed by atoms with Gasteiger partial charge in [0, 0.05) is 5.56 Å². The van der Waals surface area contributed by atoms with E-state index in [2.05, 4.69) is 4.98 Å². The van der Waals surface area contributed by atoms with Gasteiger partial charge < -0.3 is 10.8 Å². The lowest BCUT2D eigenvalue weighted by Gasteiger charge is -2.04. The largest absolute Gasteiger partial charge is 0.508 e. The Kier molecular flexibility index (Phi) is 2.25. The summed E-state index contributed by atoms with van der Waals surface area (Å²) in [6.45, 7) is 0. The van der Waals surface area contributed by atoms with Gasteiger partial charge in [-0.15, -0.1) is 0 Å². The van der Waals surface area contributed by atoms with Gasteiger partial charge in [-0.2, -0.15) is 0 Å². The van der Waals surface area contributed by atoms with Crippen molar-refractivity contribution in [2.45, 2.75) is 0 Å². The Morgan fingerprint density at radius 2 is 1.87 bits per heavy atom. The maximum atomic E-state index is 12.9. The number of benzene rings is 1. The summed E-state index contributed by atoms with van der Waals surface area (Å²) in [6, 6.07) is 7.65. The molecule has 4 heteroatoms. The van der Waals surface area contributed by atoms with Gasteiger partial charge in [-0.3, -0.25) is 0 Å². The number of aromatic hydroxyl groups is 1. The molecular weight excluding hydrogens is 195 g/mol. The molecule has 2 rings (SSSR count). The predicted octanol–water partition coefficient (Wildman–Crippen LogP) is 2.18. The maximum absolute atomic E-state index is 12.9. The number of nitrogens with zero attached hydrogens (tertiary/aromatic N) is 1. The number of aromatic nitrogens is 1. The molecule has 0 aliphatic heterocycles. The Balaban J connectivity index is 2.53. The van der Waals surface area contributed by atoms with Crippen molar-refractivity contribution >= 4 is 5.82 Å². The highest BCUT2D eigenvalue weighted by atomic mass is 19.1. The number of hydrogen-bond acceptors (Lipinski definition) is 3. The number of phenolic OH excluding ortho intramolecular Hbond substituents is 1. The number of pyridine rings is 1. The fourth-order valence-corrected chi connectivity index (χ4v) is 1.32. The Labute approximate surface area is 86.0 Å². The summed E-state index contributed by atoms with van der Waals surface area (Å²) in [7, 11) is 0. The summed E-state index contributed by atoms with van der Waals surface area (Å²) < 4.78 is 12.9. The Bertz CT molecular complexity index is 482. The first-order valence-electron chi connectivity index (χ1n) is 4.37. The zero-order valence-corrected chi connectivity index (χ0v) is 7.81. The first kappa shape index (κ1) is 9.45. The van der Waals surface area contributed by atoms with Crippen LogP contribution in [-0.4, -0.2) is 10.1 Å². The molecule has 0 atom stereocenters. The second-order valence-corrected chi connectivity index (χ2v) is 3.13. The summed E-state index contributed by atoms with van der Waals surface area (Å²) in [5.41, 5.74) is 6.86. The first-order chi connectivity index (χ1) is 7.16. The zero-order chi connectivity index (χ0) is 10.8. The minimum Gasteiger partial charge on any atom is -0.508 e. The number of phenols is 1. The second kappa shape index (κ2) is 3.57. The van der Waals surface area contributed by atoms with Crippen LogP contribution >= 0.6 is 0 Å². The van der Waals surface area contributed by atoms with Crippen LogP contribution in [-0.2, 0) is 0 Å². The monoisotopic (exact) mass is 204 g/mol. The lowest BCUT2D eigenvalue weighted by molar-refractivity contribution is 0.475. The van der Waals surface area contributed by atoms with Gasteiger partial charge in [-0.1, -0.05) is 12.1 Å². The molecule has 1 aromatic carbocycles. The van der Waals surface area contributed by atoms with Gasteiger partial charge in [0.05, 0.1) is 6.20 Å². The molecule has 1 aromatic heterocycles. The van der Waals surface area contributed by atoms with E-state index in [-0.39, 0.29) is 11.6 Å². The highest BCUT2D eigenvalue weighted by Crippen LogP contribution is 2.26. The molecular formula is C11H9FN2O. The second-order valence-electron chi connectivity index (χ2n) is 3.13. The molecule has 0 radical (unpaired) electrons. The molecule has 0 saturated heterocycles. The molecule has 0 saturated carbocycles. The average molecular weight is 204 g/mol. The van der Waals surface area contributed by atoms with Gasteiger partial charge in [-0.05, 0) is 23.8 Å². The summed E-state index contributed by atoms with van der Waals surface area (Å²) >= 11 is 0. The molecule has 3 N–H and O–H groups in total. The summed E-state index contributed by atoms with van der Waals surface area (Å²) in [4.78, 5) is 3.72. The smallest absolute Gasteiger partial charge is 0.142 e. The van der Waals surface area contributed by atoms with Gasteiger partial charge >= 0.3 is 0 Å². The quantitative estimate of drug-likeness (QED) is 0.748. The number of anilines is 1. The zero-order valence-electron chi connectivity index (χ0n) is 7.81. The Morgan fingerprint density at radius 3 is 2.53 bits per heavy atom. The topological polar surface area (TPSA) is 59.1 Å². The van der Waals surface area contributed by atoms with Crippen molar-refractivity contribution < 1.29 is 9.50 Å². The van der Waals surface area contributed by atoms with Crippen LogP contribution in [0.1, 0.15) is 0 Å². The van der Waals surface area contributed by atoms with Gasteiger partial charge in [0.15, 0.2) is 0 Å². The van der Waals surface area contributed by atoms with Crippen LogP contribution in [0, 0.1) is 5.82 Å². The van der Waals surface area contributed by atoms with Crippen LogP contribution in [0.3, 0.4) is 0 Å². The number of hydrogen-bond donors (Lipinski definition) is 2. The molecule has 1 heterocycles. The lowest BCUT2D eigenvalue weighted by atomic mass is 10.1. The molecule has 76 valence electrons. The molecule has 2 aromatic rings. The molecule has 3 nitrogen and oxygen atoms in total. The van der Waals surface area contributed by atoms with Crippen molar-refractivity contribution in [3.05, 3.63) is 42.3 Å². The normalized spacial score (nSPS) is 10.2. The van der Waals surface area contributed by atoms with E-state index in [1.807, 2.05) is 0 Å². The highest BCUT2D eigenvalue weighted by Gasteiger charge is 2.05. The van der Waals surface area contributed by atoms with E-state index < -0.39 is 5.82 Å². The number of nitrogens with two attached hydrogens (primary N) is 1. The molecule has 0 amide bonds. The fraction of sp³-hybridized carbons (Fsp3) is 0. The van der Waals surface area contributed by atoms with Crippen molar-refractivity contribution in [1.29, 1.82) is 0 Å². The summed E-state index contributed by atoms with van der Waals surface area (Å²) in [5.74, 6) is -0.0175. The molecule has 15 heavy (non-hydrogen) atoms. The van der Waals surface area contributed by atoms with Crippen LogP contribution in [0.2, 0.25) is 0 Å². The van der Waals surface area contributed by atoms with Crippen molar-refractivity contribution in [3.63, 3.8) is 0 Å². The van der Waals surface area contributed by atoms with Crippen LogP contribution in [0.5, 0.6) is 5.75 Å². The minimum absolute atomic E-state index is 0.154. The number of nitrogen functional groups attached to an aromatic ring is 1. The van der Waals surface area contributed by atoms with Crippen molar-refractivity contribution in [1.82, 2.24) is 4.98 Å². The van der Waals surface area contributed by atoms with Crippen LogP contribution in [0.25, 0.3) is 11.1 Å². The Hall–Kier alpha value is -2.10. The third-order valence-electron chi connectivity index (χ3n) is 2.06. The standard InChI is InChI=1S/C11H9FN2O/c12-8-5-10(11(13)14-6-8)7-1-3-9(15)4-2-7/h1-6,15H,(H2,13,14). The predicted molar refractivity (Wildman–Crippen MR) is 55.7 cm³/mol. The maximum Gasteiger partial charge on any atom is 0.142 e. The highest BCUT2D eigenvalue weighted by molar-refractivity contribution is 5.73. The van der Waals surface area contributed by atoms with Crippen molar-refractivity contribution in [3.8, 4) is 16.9 Å². The van der Waals surface area contributed by atoms with Crippen LogP contribution in [0.15, 0.2) is 36.5 Å². The van der Waals surface area contributed by atoms with Gasteiger partial charge in [-0.25, -0.2) is 9.37 Å². The van der Waals surface area contributed by atoms with Gasteiger partial charge in [0.2, 0.25) is 0 Å². The third kappa shape index (κ3) is 1.88.